The fourth-order valence-corrected chi connectivity index (χ4v) is 0.936. The Labute approximate surface area is 91.1 Å². The molecule has 0 aromatic carbocycles. The molecule has 1 rings (SSSR count). The second-order valence-corrected chi connectivity index (χ2v) is 4.65. The highest BCUT2D eigenvalue weighted by Crippen LogP contribution is 2.21. The summed E-state index contributed by atoms with van der Waals surface area (Å²) >= 11 is 0. The molecule has 4 heteroatoms. The maximum absolute atomic E-state index is 5.03. The normalized spacial score (nSPS) is 13.4. The van der Waals surface area contributed by atoms with E-state index in [1.807, 2.05) is 0 Å². The Morgan fingerprint density at radius 2 is 2.07 bits per heavy atom. The van der Waals surface area contributed by atoms with E-state index in [9.17, 15) is 0 Å². The minimum Gasteiger partial charge on any atom is -0.481 e. The molecule has 0 saturated heterocycles. The number of rotatable bonds is 3. The monoisotopic (exact) mass is 209 g/mol. The van der Waals surface area contributed by atoms with Crippen molar-refractivity contribution >= 4 is 5.95 Å². The minimum atomic E-state index is 0.173. The van der Waals surface area contributed by atoms with E-state index in [0.29, 0.717) is 17.9 Å². The maximum Gasteiger partial charge on any atom is 0.226 e. The van der Waals surface area contributed by atoms with Crippen LogP contribution in [0.25, 0.3) is 0 Å². The molecule has 84 valence electrons. The first-order valence-electron chi connectivity index (χ1n) is 5.07. The van der Waals surface area contributed by atoms with E-state index in [0.717, 1.165) is 0 Å². The molecule has 0 spiro atoms. The van der Waals surface area contributed by atoms with Gasteiger partial charge >= 0.3 is 0 Å². The third-order valence-electron chi connectivity index (χ3n) is 2.48. The van der Waals surface area contributed by atoms with Crippen LogP contribution in [0.5, 0.6) is 5.88 Å². The summed E-state index contributed by atoms with van der Waals surface area (Å²) in [6, 6.07) is 2.03. The number of nitrogens with one attached hydrogen (secondary N) is 1. The summed E-state index contributed by atoms with van der Waals surface area (Å²) < 4.78 is 5.03. The van der Waals surface area contributed by atoms with E-state index in [4.69, 9.17) is 4.74 Å². The highest BCUT2D eigenvalue weighted by molar-refractivity contribution is 5.29. The van der Waals surface area contributed by atoms with E-state index in [1.165, 1.54) is 0 Å². The van der Waals surface area contributed by atoms with Gasteiger partial charge in [0.15, 0.2) is 0 Å². The van der Waals surface area contributed by atoms with Gasteiger partial charge in [0.05, 0.1) is 7.11 Å². The third kappa shape index (κ3) is 3.38. The Morgan fingerprint density at radius 3 is 2.60 bits per heavy atom. The zero-order chi connectivity index (χ0) is 11.5. The smallest absolute Gasteiger partial charge is 0.226 e. The van der Waals surface area contributed by atoms with Crippen molar-refractivity contribution < 1.29 is 4.74 Å². The molecule has 15 heavy (non-hydrogen) atoms. The molecular formula is C11H19N3O. The Kier molecular flexibility index (Phi) is 3.50. The summed E-state index contributed by atoms with van der Waals surface area (Å²) in [6.07, 6.45) is 1.68. The molecule has 1 unspecified atom stereocenters. The molecule has 0 aliphatic carbocycles. The molecule has 0 saturated carbocycles. The van der Waals surface area contributed by atoms with Gasteiger partial charge in [-0.2, -0.15) is 4.98 Å². The minimum absolute atomic E-state index is 0.173. The first-order chi connectivity index (χ1) is 6.93. The van der Waals surface area contributed by atoms with Gasteiger partial charge in [0.25, 0.3) is 0 Å². The number of anilines is 1. The molecule has 0 fully saturated rings. The third-order valence-corrected chi connectivity index (χ3v) is 2.48. The highest BCUT2D eigenvalue weighted by Gasteiger charge is 2.20. The molecule has 0 bridgehead atoms. The van der Waals surface area contributed by atoms with Crippen molar-refractivity contribution in [3.8, 4) is 5.88 Å². The van der Waals surface area contributed by atoms with Crippen molar-refractivity contribution in [2.75, 3.05) is 12.4 Å². The largest absolute Gasteiger partial charge is 0.481 e. The molecule has 0 radical (unpaired) electrons. The Balaban J connectivity index is 2.72. The van der Waals surface area contributed by atoms with Crippen molar-refractivity contribution in [3.05, 3.63) is 12.3 Å². The van der Waals surface area contributed by atoms with Gasteiger partial charge in [-0.3, -0.25) is 0 Å². The lowest BCUT2D eigenvalue weighted by molar-refractivity contribution is 0.356. The first kappa shape index (κ1) is 11.8. The van der Waals surface area contributed by atoms with Crippen LogP contribution in [-0.2, 0) is 0 Å². The van der Waals surface area contributed by atoms with Crippen LogP contribution in [0.3, 0.4) is 0 Å². The Hall–Kier alpha value is -1.32. The summed E-state index contributed by atoms with van der Waals surface area (Å²) in [5, 5.41) is 3.25. The second kappa shape index (κ2) is 4.47. The highest BCUT2D eigenvalue weighted by atomic mass is 16.5. The number of methoxy groups -OCH3 is 1. The molecule has 0 amide bonds. The lowest BCUT2D eigenvalue weighted by Crippen LogP contribution is -2.31. The van der Waals surface area contributed by atoms with Gasteiger partial charge in [-0.05, 0) is 12.3 Å². The first-order valence-corrected chi connectivity index (χ1v) is 5.07. The SMILES string of the molecule is COc1ccnc(NC(C)C(C)(C)C)n1. The lowest BCUT2D eigenvalue weighted by Gasteiger charge is -2.27. The van der Waals surface area contributed by atoms with Gasteiger partial charge in [0.1, 0.15) is 0 Å². The number of ether oxygens (including phenoxy) is 1. The fraction of sp³-hybridized carbons (Fsp3) is 0.636. The van der Waals surface area contributed by atoms with Gasteiger partial charge in [0, 0.05) is 18.3 Å². The summed E-state index contributed by atoms with van der Waals surface area (Å²) in [6.45, 7) is 8.63. The van der Waals surface area contributed by atoms with Gasteiger partial charge < -0.3 is 10.1 Å². The Morgan fingerprint density at radius 1 is 1.40 bits per heavy atom. The molecule has 4 nitrogen and oxygen atoms in total. The van der Waals surface area contributed by atoms with Crippen LogP contribution in [0.4, 0.5) is 5.95 Å². The van der Waals surface area contributed by atoms with E-state index in [2.05, 4.69) is 43.0 Å². The number of nitrogens with zero attached hydrogens (tertiary/aromatic N) is 2. The summed E-state index contributed by atoms with van der Waals surface area (Å²) in [5.41, 5.74) is 0.173. The molecule has 0 aliphatic heterocycles. The van der Waals surface area contributed by atoms with Gasteiger partial charge in [-0.25, -0.2) is 4.98 Å². The standard InChI is InChI=1S/C11H19N3O/c1-8(11(2,3)4)13-10-12-7-6-9(14-10)15-5/h6-8H,1-5H3,(H,12,13,14). The van der Waals surface area contributed by atoms with Crippen molar-refractivity contribution in [2.45, 2.75) is 33.7 Å². The van der Waals surface area contributed by atoms with Crippen LogP contribution < -0.4 is 10.1 Å². The zero-order valence-corrected chi connectivity index (χ0v) is 10.0. The van der Waals surface area contributed by atoms with E-state index >= 15 is 0 Å². The predicted octanol–water partition coefficient (Wildman–Crippen LogP) is 2.33. The summed E-state index contributed by atoms with van der Waals surface area (Å²) in [7, 11) is 1.60. The maximum atomic E-state index is 5.03. The van der Waals surface area contributed by atoms with Crippen LogP contribution in [0.1, 0.15) is 27.7 Å². The quantitative estimate of drug-likeness (QED) is 0.830. The van der Waals surface area contributed by atoms with E-state index < -0.39 is 0 Å². The number of aromatic nitrogens is 2. The van der Waals surface area contributed by atoms with Crippen LogP contribution in [0.2, 0.25) is 0 Å². The van der Waals surface area contributed by atoms with E-state index in [-0.39, 0.29) is 5.41 Å². The molecule has 1 atom stereocenters. The molecule has 0 aliphatic rings. The topological polar surface area (TPSA) is 47.0 Å². The van der Waals surface area contributed by atoms with Gasteiger partial charge in [-0.1, -0.05) is 20.8 Å². The molecule has 1 N–H and O–H groups in total. The van der Waals surface area contributed by atoms with Gasteiger partial charge in [-0.15, -0.1) is 0 Å². The van der Waals surface area contributed by atoms with Crippen molar-refractivity contribution in [2.24, 2.45) is 5.41 Å². The predicted molar refractivity (Wildman–Crippen MR) is 61.1 cm³/mol. The van der Waals surface area contributed by atoms with Crippen molar-refractivity contribution in [1.29, 1.82) is 0 Å². The Bertz CT molecular complexity index is 320. The van der Waals surface area contributed by atoms with Crippen molar-refractivity contribution in [3.63, 3.8) is 0 Å². The number of hydrogen-bond donors (Lipinski definition) is 1. The lowest BCUT2D eigenvalue weighted by atomic mass is 9.88. The fourth-order valence-electron chi connectivity index (χ4n) is 0.936. The van der Waals surface area contributed by atoms with Gasteiger partial charge in [0.2, 0.25) is 11.8 Å². The average molecular weight is 209 g/mol. The van der Waals surface area contributed by atoms with Crippen LogP contribution in [0, 0.1) is 5.41 Å². The zero-order valence-electron chi connectivity index (χ0n) is 10.0. The summed E-state index contributed by atoms with van der Waals surface area (Å²) in [4.78, 5) is 8.34. The van der Waals surface area contributed by atoms with Crippen LogP contribution in [0.15, 0.2) is 12.3 Å². The van der Waals surface area contributed by atoms with Crippen LogP contribution in [-0.4, -0.2) is 23.1 Å². The summed E-state index contributed by atoms with van der Waals surface area (Å²) in [5.74, 6) is 1.19. The second-order valence-electron chi connectivity index (χ2n) is 4.65. The molecular weight excluding hydrogens is 190 g/mol. The molecule has 1 heterocycles. The molecule has 1 aromatic rings. The van der Waals surface area contributed by atoms with Crippen molar-refractivity contribution in [1.82, 2.24) is 9.97 Å². The number of hydrogen-bond acceptors (Lipinski definition) is 4. The average Bonchev–Trinajstić information content (AvgIpc) is 2.16. The van der Waals surface area contributed by atoms with E-state index in [1.54, 1.807) is 19.4 Å². The molecule has 1 aromatic heterocycles. The van der Waals surface area contributed by atoms with Crippen LogP contribution >= 0.6 is 0 Å².